The van der Waals surface area contributed by atoms with E-state index in [0.717, 1.165) is 16.8 Å². The fourth-order valence-corrected chi connectivity index (χ4v) is 2.64. The normalized spacial score (nSPS) is 11.8. The number of imidazole rings is 1. The second kappa shape index (κ2) is 5.95. The van der Waals surface area contributed by atoms with Crippen molar-refractivity contribution in [2.45, 2.75) is 32.7 Å². The van der Waals surface area contributed by atoms with E-state index in [0.29, 0.717) is 19.1 Å². The standard InChI is InChI=1S/C19H23N3O/c1-19(2,3)14-8-10-15(11-9-14)23-13-12-22-17-7-5-4-6-16(17)21-18(22)20/h4-11H,12-13H2,1-3H3,(H2,20,21). The summed E-state index contributed by atoms with van der Waals surface area (Å²) in [4.78, 5) is 4.36. The van der Waals surface area contributed by atoms with Gasteiger partial charge in [0.05, 0.1) is 17.6 Å². The Hall–Kier alpha value is -2.49. The molecule has 2 N–H and O–H groups in total. The summed E-state index contributed by atoms with van der Waals surface area (Å²) in [6, 6.07) is 16.2. The number of nitrogens with two attached hydrogens (primary N) is 1. The summed E-state index contributed by atoms with van der Waals surface area (Å²) < 4.78 is 7.83. The molecule has 0 aliphatic carbocycles. The van der Waals surface area contributed by atoms with E-state index in [1.807, 2.05) is 41.0 Å². The van der Waals surface area contributed by atoms with Crippen molar-refractivity contribution in [2.24, 2.45) is 0 Å². The third kappa shape index (κ3) is 3.31. The number of rotatable bonds is 4. The molecule has 0 atom stereocenters. The molecule has 0 saturated carbocycles. The van der Waals surface area contributed by atoms with Gasteiger partial charge >= 0.3 is 0 Å². The molecule has 0 aliphatic heterocycles. The lowest BCUT2D eigenvalue weighted by Gasteiger charge is -2.19. The van der Waals surface area contributed by atoms with Crippen molar-refractivity contribution in [3.05, 3.63) is 54.1 Å². The summed E-state index contributed by atoms with van der Waals surface area (Å²) in [6.07, 6.45) is 0. The van der Waals surface area contributed by atoms with Gasteiger partial charge in [0.2, 0.25) is 5.95 Å². The Balaban J connectivity index is 1.66. The molecule has 4 heteroatoms. The fraction of sp³-hybridized carbons (Fsp3) is 0.316. The second-order valence-corrected chi connectivity index (χ2v) is 6.73. The minimum absolute atomic E-state index is 0.155. The van der Waals surface area contributed by atoms with Crippen LogP contribution in [-0.2, 0) is 12.0 Å². The Kier molecular flexibility index (Phi) is 3.99. The molecule has 4 nitrogen and oxygen atoms in total. The Morgan fingerprint density at radius 3 is 2.43 bits per heavy atom. The van der Waals surface area contributed by atoms with Crippen LogP contribution < -0.4 is 10.5 Å². The average molecular weight is 309 g/mol. The van der Waals surface area contributed by atoms with Gasteiger partial charge in [-0.2, -0.15) is 0 Å². The van der Waals surface area contributed by atoms with Crippen LogP contribution in [0.25, 0.3) is 11.0 Å². The number of hydrogen-bond donors (Lipinski definition) is 1. The quantitative estimate of drug-likeness (QED) is 0.792. The number of aromatic nitrogens is 2. The molecule has 2 aromatic carbocycles. The van der Waals surface area contributed by atoms with Crippen molar-refractivity contribution < 1.29 is 4.74 Å². The van der Waals surface area contributed by atoms with Crippen LogP contribution in [-0.4, -0.2) is 16.2 Å². The van der Waals surface area contributed by atoms with Crippen molar-refractivity contribution in [3.8, 4) is 5.75 Å². The summed E-state index contributed by atoms with van der Waals surface area (Å²) in [7, 11) is 0. The van der Waals surface area contributed by atoms with Crippen molar-refractivity contribution in [3.63, 3.8) is 0 Å². The molecule has 0 saturated heterocycles. The van der Waals surface area contributed by atoms with Gasteiger partial charge in [-0.05, 0) is 35.2 Å². The second-order valence-electron chi connectivity index (χ2n) is 6.73. The van der Waals surface area contributed by atoms with Crippen molar-refractivity contribution in [1.82, 2.24) is 9.55 Å². The van der Waals surface area contributed by atoms with Gasteiger partial charge in [0.25, 0.3) is 0 Å². The molecule has 0 radical (unpaired) electrons. The molecular formula is C19H23N3O. The van der Waals surface area contributed by atoms with Gasteiger partial charge in [0.15, 0.2) is 0 Å². The molecule has 0 fully saturated rings. The van der Waals surface area contributed by atoms with E-state index in [1.165, 1.54) is 5.56 Å². The number of nitrogen functional groups attached to an aromatic ring is 1. The first-order valence-electron chi connectivity index (χ1n) is 7.89. The maximum absolute atomic E-state index is 6.00. The molecule has 0 bridgehead atoms. The topological polar surface area (TPSA) is 53.1 Å². The van der Waals surface area contributed by atoms with Gasteiger partial charge in [0.1, 0.15) is 12.4 Å². The molecule has 0 unspecified atom stereocenters. The zero-order valence-electron chi connectivity index (χ0n) is 13.9. The number of para-hydroxylation sites is 2. The van der Waals surface area contributed by atoms with Gasteiger partial charge in [0, 0.05) is 0 Å². The number of nitrogens with zero attached hydrogens (tertiary/aromatic N) is 2. The summed E-state index contributed by atoms with van der Waals surface area (Å²) in [5.41, 5.74) is 9.41. The molecule has 120 valence electrons. The van der Waals surface area contributed by atoms with Gasteiger partial charge in [-0.25, -0.2) is 4.98 Å². The predicted molar refractivity (Wildman–Crippen MR) is 94.8 cm³/mol. The minimum atomic E-state index is 0.155. The Morgan fingerprint density at radius 1 is 1.04 bits per heavy atom. The van der Waals surface area contributed by atoms with E-state index in [-0.39, 0.29) is 5.41 Å². The number of fused-ring (bicyclic) bond motifs is 1. The Bertz CT molecular complexity index is 798. The monoisotopic (exact) mass is 309 g/mol. The Labute approximate surface area is 136 Å². The number of hydrogen-bond acceptors (Lipinski definition) is 3. The SMILES string of the molecule is CC(C)(C)c1ccc(OCCn2c(N)nc3ccccc32)cc1. The van der Waals surface area contributed by atoms with Crippen LogP contribution in [0.2, 0.25) is 0 Å². The zero-order valence-corrected chi connectivity index (χ0v) is 13.9. The van der Waals surface area contributed by atoms with E-state index in [2.05, 4.69) is 37.9 Å². The molecule has 0 amide bonds. The molecule has 3 aromatic rings. The number of ether oxygens (including phenoxy) is 1. The molecular weight excluding hydrogens is 286 g/mol. The minimum Gasteiger partial charge on any atom is -0.492 e. The summed E-state index contributed by atoms with van der Waals surface area (Å²) in [5, 5.41) is 0. The number of anilines is 1. The smallest absolute Gasteiger partial charge is 0.201 e. The van der Waals surface area contributed by atoms with Crippen LogP contribution >= 0.6 is 0 Å². The molecule has 1 heterocycles. The lowest BCUT2D eigenvalue weighted by Crippen LogP contribution is -2.12. The van der Waals surface area contributed by atoms with Crippen molar-refractivity contribution in [2.75, 3.05) is 12.3 Å². The van der Waals surface area contributed by atoms with E-state index < -0.39 is 0 Å². The van der Waals surface area contributed by atoms with Gasteiger partial charge < -0.3 is 15.0 Å². The van der Waals surface area contributed by atoms with E-state index >= 15 is 0 Å². The highest BCUT2D eigenvalue weighted by Crippen LogP contribution is 2.24. The maximum atomic E-state index is 6.00. The largest absolute Gasteiger partial charge is 0.492 e. The van der Waals surface area contributed by atoms with E-state index in [9.17, 15) is 0 Å². The fourth-order valence-electron chi connectivity index (χ4n) is 2.64. The molecule has 0 aliphatic rings. The lowest BCUT2D eigenvalue weighted by molar-refractivity contribution is 0.301. The van der Waals surface area contributed by atoms with Gasteiger partial charge in [-0.3, -0.25) is 0 Å². The molecule has 0 spiro atoms. The third-order valence-corrected chi connectivity index (χ3v) is 3.99. The first-order chi connectivity index (χ1) is 10.9. The van der Waals surface area contributed by atoms with Crippen LogP contribution in [0, 0.1) is 0 Å². The molecule has 23 heavy (non-hydrogen) atoms. The third-order valence-electron chi connectivity index (χ3n) is 3.99. The maximum Gasteiger partial charge on any atom is 0.201 e. The first-order valence-corrected chi connectivity index (χ1v) is 7.89. The van der Waals surface area contributed by atoms with Crippen LogP contribution in [0.3, 0.4) is 0 Å². The average Bonchev–Trinajstić information content (AvgIpc) is 2.83. The zero-order chi connectivity index (χ0) is 16.4. The number of benzene rings is 2. The summed E-state index contributed by atoms with van der Waals surface area (Å²) in [6.45, 7) is 7.84. The van der Waals surface area contributed by atoms with Crippen LogP contribution in [0.15, 0.2) is 48.5 Å². The highest BCUT2D eigenvalue weighted by Gasteiger charge is 2.13. The van der Waals surface area contributed by atoms with Crippen molar-refractivity contribution in [1.29, 1.82) is 0 Å². The van der Waals surface area contributed by atoms with Crippen LogP contribution in [0.1, 0.15) is 26.3 Å². The van der Waals surface area contributed by atoms with E-state index in [1.54, 1.807) is 0 Å². The molecule has 3 rings (SSSR count). The highest BCUT2D eigenvalue weighted by atomic mass is 16.5. The lowest BCUT2D eigenvalue weighted by atomic mass is 9.87. The Morgan fingerprint density at radius 2 is 1.74 bits per heavy atom. The summed E-state index contributed by atoms with van der Waals surface area (Å²) in [5.74, 6) is 1.40. The van der Waals surface area contributed by atoms with Gasteiger partial charge in [-0.15, -0.1) is 0 Å². The van der Waals surface area contributed by atoms with Crippen molar-refractivity contribution >= 4 is 17.0 Å². The van der Waals surface area contributed by atoms with Gasteiger partial charge in [-0.1, -0.05) is 45.0 Å². The van der Waals surface area contributed by atoms with Crippen LogP contribution in [0.5, 0.6) is 5.75 Å². The summed E-state index contributed by atoms with van der Waals surface area (Å²) >= 11 is 0. The first kappa shape index (κ1) is 15.4. The van der Waals surface area contributed by atoms with Crippen LogP contribution in [0.4, 0.5) is 5.95 Å². The predicted octanol–water partition coefficient (Wildman–Crippen LogP) is 4.00. The molecule has 1 aromatic heterocycles. The van der Waals surface area contributed by atoms with E-state index in [4.69, 9.17) is 10.5 Å². The highest BCUT2D eigenvalue weighted by molar-refractivity contribution is 5.78.